The van der Waals surface area contributed by atoms with Crippen LogP contribution in [0.15, 0.2) is 91.0 Å². The van der Waals surface area contributed by atoms with Crippen LogP contribution in [0.2, 0.25) is 18.1 Å². The van der Waals surface area contributed by atoms with Crippen LogP contribution in [0.3, 0.4) is 0 Å². The van der Waals surface area contributed by atoms with Crippen LogP contribution in [0.5, 0.6) is 0 Å². The lowest BCUT2D eigenvalue weighted by atomic mass is 9.84. The van der Waals surface area contributed by atoms with Crippen molar-refractivity contribution in [3.05, 3.63) is 108 Å². The summed E-state index contributed by atoms with van der Waals surface area (Å²) in [6.07, 6.45) is -0.511. The smallest absolute Gasteiger partial charge is 0.293 e. The Bertz CT molecular complexity index is 1110. The van der Waals surface area contributed by atoms with E-state index in [4.69, 9.17) is 4.74 Å². The molecule has 37 heavy (non-hydrogen) atoms. The molecule has 3 aromatic rings. The molecule has 3 unspecified atom stereocenters. The van der Waals surface area contributed by atoms with Crippen molar-refractivity contribution in [1.29, 1.82) is 0 Å². The number of β-lactam (4-membered cyclic amide) rings is 1. The summed E-state index contributed by atoms with van der Waals surface area (Å²) in [6, 6.07) is 31.6. The third-order valence-corrected chi connectivity index (χ3v) is 15.5. The summed E-state index contributed by atoms with van der Waals surface area (Å²) >= 11 is 1.80. The van der Waals surface area contributed by atoms with Crippen molar-refractivity contribution in [2.75, 3.05) is 0 Å². The molecular formula is C31H37NO3SSi. The molecule has 1 heterocycles. The zero-order chi connectivity index (χ0) is 26.8. The molecule has 1 aliphatic heterocycles. The van der Waals surface area contributed by atoms with Gasteiger partial charge in [-0.1, -0.05) is 125 Å². The summed E-state index contributed by atoms with van der Waals surface area (Å²) < 4.78 is 6.99. The SMILES string of the molecule is CC(OC=O)C1C(=O)N([Si](C)(C)C(C)(C)C)C1SC(c1ccccc1)(c1ccccc1)c1ccccc1. The summed E-state index contributed by atoms with van der Waals surface area (Å²) in [5.74, 6) is -0.332. The second kappa shape index (κ2) is 10.5. The Morgan fingerprint density at radius 3 is 1.59 bits per heavy atom. The van der Waals surface area contributed by atoms with Crippen LogP contribution in [0, 0.1) is 5.92 Å². The average molecular weight is 532 g/mol. The molecule has 3 atom stereocenters. The van der Waals surface area contributed by atoms with E-state index in [1.54, 1.807) is 11.8 Å². The van der Waals surface area contributed by atoms with E-state index in [1.807, 2.05) is 25.1 Å². The molecule has 3 aromatic carbocycles. The summed E-state index contributed by atoms with van der Waals surface area (Å²) in [4.78, 5) is 25.1. The van der Waals surface area contributed by atoms with Crippen molar-refractivity contribution in [3.8, 4) is 0 Å². The number of hydrogen-bond acceptors (Lipinski definition) is 4. The molecule has 0 aromatic heterocycles. The van der Waals surface area contributed by atoms with Crippen LogP contribution in [-0.4, -0.2) is 36.7 Å². The Morgan fingerprint density at radius 1 is 0.838 bits per heavy atom. The Balaban J connectivity index is 1.96. The van der Waals surface area contributed by atoms with Gasteiger partial charge in [0.05, 0.1) is 10.1 Å². The minimum atomic E-state index is -2.24. The summed E-state index contributed by atoms with van der Waals surface area (Å²) in [5.41, 5.74) is 3.44. The first-order valence-corrected chi connectivity index (χ1v) is 16.6. The molecule has 0 N–H and O–H groups in total. The van der Waals surface area contributed by atoms with Gasteiger partial charge in [0, 0.05) is 0 Å². The van der Waals surface area contributed by atoms with Gasteiger partial charge in [0.2, 0.25) is 5.91 Å². The largest absolute Gasteiger partial charge is 0.464 e. The number of amides is 1. The fourth-order valence-corrected chi connectivity index (χ4v) is 10.1. The van der Waals surface area contributed by atoms with Crippen LogP contribution >= 0.6 is 11.8 Å². The van der Waals surface area contributed by atoms with Crippen LogP contribution in [0.1, 0.15) is 44.4 Å². The number of carbonyl (C=O) groups is 2. The zero-order valence-electron chi connectivity index (χ0n) is 22.5. The number of hydrogen-bond donors (Lipinski definition) is 0. The number of ether oxygens (including phenoxy) is 1. The highest BCUT2D eigenvalue weighted by molar-refractivity contribution is 8.01. The fourth-order valence-electron chi connectivity index (χ4n) is 5.08. The van der Waals surface area contributed by atoms with Crippen LogP contribution in [0.4, 0.5) is 0 Å². The predicted octanol–water partition coefficient (Wildman–Crippen LogP) is 7.06. The monoisotopic (exact) mass is 531 g/mol. The molecule has 0 spiro atoms. The summed E-state index contributed by atoms with van der Waals surface area (Å²) in [7, 11) is -2.24. The van der Waals surface area contributed by atoms with Gasteiger partial charge in [0.1, 0.15) is 12.0 Å². The maximum atomic E-state index is 13.8. The first-order valence-electron chi connectivity index (χ1n) is 12.8. The van der Waals surface area contributed by atoms with Gasteiger partial charge in [-0.3, -0.25) is 9.59 Å². The molecule has 1 saturated heterocycles. The maximum absolute atomic E-state index is 13.8. The number of carbonyl (C=O) groups excluding carboxylic acids is 2. The highest BCUT2D eigenvalue weighted by Crippen LogP contribution is 2.57. The lowest BCUT2D eigenvalue weighted by molar-refractivity contribution is -0.155. The highest BCUT2D eigenvalue weighted by atomic mass is 32.2. The third kappa shape index (κ3) is 4.77. The second-order valence-electron chi connectivity index (χ2n) is 11.3. The highest BCUT2D eigenvalue weighted by Gasteiger charge is 2.61. The van der Waals surface area contributed by atoms with Crippen molar-refractivity contribution in [1.82, 2.24) is 4.57 Å². The van der Waals surface area contributed by atoms with E-state index in [0.717, 1.165) is 16.7 Å². The molecule has 1 aliphatic rings. The number of rotatable bonds is 9. The molecule has 0 radical (unpaired) electrons. The second-order valence-corrected chi connectivity index (χ2v) is 17.7. The number of nitrogens with zero attached hydrogens (tertiary/aromatic N) is 1. The van der Waals surface area contributed by atoms with E-state index in [1.165, 1.54) is 0 Å². The maximum Gasteiger partial charge on any atom is 0.293 e. The van der Waals surface area contributed by atoms with Gasteiger partial charge in [-0.15, -0.1) is 11.8 Å². The van der Waals surface area contributed by atoms with E-state index in [9.17, 15) is 9.59 Å². The lowest BCUT2D eigenvalue weighted by Crippen LogP contribution is -2.74. The van der Waals surface area contributed by atoms with Gasteiger partial charge in [-0.25, -0.2) is 0 Å². The topological polar surface area (TPSA) is 46.6 Å². The van der Waals surface area contributed by atoms with E-state index in [-0.39, 0.29) is 16.3 Å². The van der Waals surface area contributed by atoms with Gasteiger partial charge in [0.15, 0.2) is 8.24 Å². The Hall–Kier alpha value is -2.83. The summed E-state index contributed by atoms with van der Waals surface area (Å²) in [6.45, 7) is 13.5. The van der Waals surface area contributed by atoms with Gasteiger partial charge >= 0.3 is 0 Å². The minimum Gasteiger partial charge on any atom is -0.464 e. The predicted molar refractivity (Wildman–Crippen MR) is 155 cm³/mol. The van der Waals surface area contributed by atoms with Crippen molar-refractivity contribution < 1.29 is 14.3 Å². The Kier molecular flexibility index (Phi) is 7.72. The van der Waals surface area contributed by atoms with E-state index < -0.39 is 25.0 Å². The van der Waals surface area contributed by atoms with Gasteiger partial charge in [-0.05, 0) is 28.7 Å². The zero-order valence-corrected chi connectivity index (χ0v) is 24.4. The first-order chi connectivity index (χ1) is 17.6. The number of benzene rings is 3. The number of thioether (sulfide) groups is 1. The molecule has 4 rings (SSSR count). The van der Waals surface area contributed by atoms with Gasteiger partial charge < -0.3 is 9.30 Å². The summed E-state index contributed by atoms with van der Waals surface area (Å²) in [5, 5.41) is -0.195. The molecule has 0 aliphatic carbocycles. The molecular weight excluding hydrogens is 494 g/mol. The Labute approximate surface area is 226 Å². The molecule has 0 saturated carbocycles. The lowest BCUT2D eigenvalue weighted by Gasteiger charge is -2.60. The van der Waals surface area contributed by atoms with Gasteiger partial charge in [0.25, 0.3) is 6.47 Å². The van der Waals surface area contributed by atoms with E-state index in [0.29, 0.717) is 6.47 Å². The minimum absolute atomic E-state index is 0.0317. The fraction of sp³-hybridized carbons (Fsp3) is 0.355. The van der Waals surface area contributed by atoms with Crippen molar-refractivity contribution in [3.63, 3.8) is 0 Å². The molecule has 194 valence electrons. The van der Waals surface area contributed by atoms with Crippen molar-refractivity contribution >= 4 is 32.4 Å². The van der Waals surface area contributed by atoms with Gasteiger partial charge in [-0.2, -0.15) is 0 Å². The van der Waals surface area contributed by atoms with Crippen molar-refractivity contribution in [2.45, 2.75) is 62.1 Å². The molecule has 1 amide bonds. The normalized spacial score (nSPS) is 19.2. The van der Waals surface area contributed by atoms with E-state index >= 15 is 0 Å². The van der Waals surface area contributed by atoms with Crippen LogP contribution in [0.25, 0.3) is 0 Å². The first kappa shape index (κ1) is 27.2. The Morgan fingerprint density at radius 2 is 1.24 bits per heavy atom. The average Bonchev–Trinajstić information content (AvgIpc) is 2.87. The van der Waals surface area contributed by atoms with Crippen LogP contribution < -0.4 is 0 Å². The third-order valence-electron chi connectivity index (χ3n) is 8.14. The molecule has 1 fully saturated rings. The van der Waals surface area contributed by atoms with E-state index in [2.05, 4.69) is 111 Å². The standard InChI is InChI=1S/C31H37NO3SSi/c1-23(35-22-33)27-28(34)32(37(5,6)30(2,3)4)29(27)36-31(24-16-10-7-11-17-24,25-18-12-8-13-19-25)26-20-14-9-15-21-26/h7-23,27,29H,1-6H3. The van der Waals surface area contributed by atoms with Crippen molar-refractivity contribution in [2.24, 2.45) is 5.92 Å². The molecule has 0 bridgehead atoms. The molecule has 4 nitrogen and oxygen atoms in total. The quantitative estimate of drug-likeness (QED) is 0.128. The molecule has 6 heteroatoms. The van der Waals surface area contributed by atoms with Crippen LogP contribution in [-0.2, 0) is 19.1 Å².